The van der Waals surface area contributed by atoms with Gasteiger partial charge in [-0.3, -0.25) is 4.79 Å². The first kappa shape index (κ1) is 17.1. The Bertz CT molecular complexity index is 704. The predicted molar refractivity (Wildman–Crippen MR) is 95.9 cm³/mol. The zero-order valence-corrected chi connectivity index (χ0v) is 14.8. The Morgan fingerprint density at radius 1 is 1.19 bits per heavy atom. The number of nitrogens with one attached hydrogen (secondary N) is 1. The van der Waals surface area contributed by atoms with Crippen LogP contribution < -0.4 is 5.32 Å². The van der Waals surface area contributed by atoms with Gasteiger partial charge < -0.3 is 15.0 Å². The standard InChI is InChI=1S/C18H24N6O2/c25-18(15-5-8-23(9-6-15)11-14-7-10-26-12-14)20-16-1-3-17(4-2-16)24-13-19-21-22-24/h1-4,13-15H,5-12H2,(H,20,25). The van der Waals surface area contributed by atoms with E-state index in [0.717, 1.165) is 57.1 Å². The van der Waals surface area contributed by atoms with Crippen molar-refractivity contribution < 1.29 is 9.53 Å². The molecule has 8 nitrogen and oxygen atoms in total. The molecular weight excluding hydrogens is 332 g/mol. The summed E-state index contributed by atoms with van der Waals surface area (Å²) in [7, 11) is 0. The Balaban J connectivity index is 1.26. The molecule has 2 fully saturated rings. The maximum Gasteiger partial charge on any atom is 0.227 e. The van der Waals surface area contributed by atoms with Crippen molar-refractivity contribution >= 4 is 11.6 Å². The number of nitrogens with zero attached hydrogens (tertiary/aromatic N) is 5. The van der Waals surface area contributed by atoms with Crippen LogP contribution in [-0.4, -0.2) is 63.9 Å². The number of amides is 1. The second-order valence-electron chi connectivity index (χ2n) is 7.10. The summed E-state index contributed by atoms with van der Waals surface area (Å²) >= 11 is 0. The number of rotatable bonds is 5. The average Bonchev–Trinajstić information content (AvgIpc) is 3.37. The number of carbonyl (C=O) groups is 1. The lowest BCUT2D eigenvalue weighted by atomic mass is 9.95. The van der Waals surface area contributed by atoms with Crippen LogP contribution in [0.2, 0.25) is 0 Å². The molecule has 8 heteroatoms. The molecule has 138 valence electrons. The van der Waals surface area contributed by atoms with Crippen molar-refractivity contribution in [3.05, 3.63) is 30.6 Å². The Kier molecular flexibility index (Phi) is 5.21. The zero-order valence-electron chi connectivity index (χ0n) is 14.8. The highest BCUT2D eigenvalue weighted by Crippen LogP contribution is 2.22. The van der Waals surface area contributed by atoms with Gasteiger partial charge in [0.25, 0.3) is 0 Å². The molecule has 2 saturated heterocycles. The van der Waals surface area contributed by atoms with E-state index in [1.165, 1.54) is 6.42 Å². The van der Waals surface area contributed by atoms with Crippen LogP contribution in [0.15, 0.2) is 30.6 Å². The minimum Gasteiger partial charge on any atom is -0.381 e. The molecule has 26 heavy (non-hydrogen) atoms. The van der Waals surface area contributed by atoms with Crippen molar-refractivity contribution in [3.8, 4) is 5.69 Å². The second kappa shape index (κ2) is 7.92. The lowest BCUT2D eigenvalue weighted by Crippen LogP contribution is -2.40. The Hall–Kier alpha value is -2.32. The molecule has 0 bridgehead atoms. The minimum absolute atomic E-state index is 0.0882. The quantitative estimate of drug-likeness (QED) is 0.870. The molecule has 0 radical (unpaired) electrons. The van der Waals surface area contributed by atoms with Crippen LogP contribution in [0.1, 0.15) is 19.3 Å². The summed E-state index contributed by atoms with van der Waals surface area (Å²) in [6.07, 6.45) is 4.55. The van der Waals surface area contributed by atoms with Gasteiger partial charge in [-0.05, 0) is 73.0 Å². The van der Waals surface area contributed by atoms with Crippen LogP contribution in [0.4, 0.5) is 5.69 Å². The molecule has 2 aliphatic rings. The van der Waals surface area contributed by atoms with E-state index in [4.69, 9.17) is 4.74 Å². The molecule has 1 atom stereocenters. The third-order valence-electron chi connectivity index (χ3n) is 5.25. The van der Waals surface area contributed by atoms with Crippen LogP contribution in [-0.2, 0) is 9.53 Å². The first-order valence-electron chi connectivity index (χ1n) is 9.22. The van der Waals surface area contributed by atoms with Gasteiger partial charge >= 0.3 is 0 Å². The van der Waals surface area contributed by atoms with E-state index in [1.807, 2.05) is 24.3 Å². The normalized spacial score (nSPS) is 21.8. The van der Waals surface area contributed by atoms with Gasteiger partial charge in [-0.1, -0.05) is 0 Å². The van der Waals surface area contributed by atoms with Gasteiger partial charge in [-0.2, -0.15) is 0 Å². The molecule has 1 N–H and O–H groups in total. The Morgan fingerprint density at radius 2 is 2.00 bits per heavy atom. The molecule has 2 aliphatic heterocycles. The van der Waals surface area contributed by atoms with Crippen LogP contribution in [0.3, 0.4) is 0 Å². The lowest BCUT2D eigenvalue weighted by molar-refractivity contribution is -0.121. The van der Waals surface area contributed by atoms with Crippen molar-refractivity contribution in [1.29, 1.82) is 0 Å². The monoisotopic (exact) mass is 356 g/mol. The summed E-state index contributed by atoms with van der Waals surface area (Å²) in [6, 6.07) is 7.53. The van der Waals surface area contributed by atoms with E-state index in [9.17, 15) is 4.79 Å². The molecule has 0 spiro atoms. The number of hydrogen-bond acceptors (Lipinski definition) is 6. The van der Waals surface area contributed by atoms with Crippen LogP contribution >= 0.6 is 0 Å². The number of piperidine rings is 1. The zero-order chi connectivity index (χ0) is 17.8. The molecule has 0 aliphatic carbocycles. The number of ether oxygens (including phenoxy) is 1. The number of hydrogen-bond donors (Lipinski definition) is 1. The topological polar surface area (TPSA) is 85.2 Å². The number of likely N-dealkylation sites (tertiary alicyclic amines) is 1. The molecule has 2 aromatic rings. The summed E-state index contributed by atoms with van der Waals surface area (Å²) in [5, 5.41) is 14.1. The summed E-state index contributed by atoms with van der Waals surface area (Å²) < 4.78 is 7.03. The molecule has 0 saturated carbocycles. The largest absolute Gasteiger partial charge is 0.381 e. The highest BCUT2D eigenvalue weighted by atomic mass is 16.5. The molecular formula is C18H24N6O2. The van der Waals surface area contributed by atoms with E-state index < -0.39 is 0 Å². The summed E-state index contributed by atoms with van der Waals surface area (Å²) in [5.41, 5.74) is 1.66. The fraction of sp³-hybridized carbons (Fsp3) is 0.556. The van der Waals surface area contributed by atoms with E-state index >= 15 is 0 Å². The number of benzene rings is 1. The highest BCUT2D eigenvalue weighted by molar-refractivity contribution is 5.92. The Labute approximate surface area is 152 Å². The smallest absolute Gasteiger partial charge is 0.227 e. The van der Waals surface area contributed by atoms with Crippen molar-refractivity contribution in [2.75, 3.05) is 38.2 Å². The molecule has 1 unspecified atom stereocenters. The van der Waals surface area contributed by atoms with Gasteiger partial charge in [-0.25, -0.2) is 4.68 Å². The summed E-state index contributed by atoms with van der Waals surface area (Å²) in [6.45, 7) is 4.88. The van der Waals surface area contributed by atoms with Gasteiger partial charge in [0.2, 0.25) is 5.91 Å². The average molecular weight is 356 g/mol. The van der Waals surface area contributed by atoms with Crippen LogP contribution in [0, 0.1) is 11.8 Å². The summed E-state index contributed by atoms with van der Waals surface area (Å²) in [5.74, 6) is 0.869. The van der Waals surface area contributed by atoms with Crippen LogP contribution in [0.5, 0.6) is 0 Å². The number of carbonyl (C=O) groups excluding carboxylic acids is 1. The van der Waals surface area contributed by atoms with Gasteiger partial charge in [0.05, 0.1) is 12.3 Å². The van der Waals surface area contributed by atoms with Gasteiger partial charge in [0.15, 0.2) is 0 Å². The number of aromatic nitrogens is 4. The SMILES string of the molecule is O=C(Nc1ccc(-n2cnnn2)cc1)C1CCN(CC2CCOC2)CC1. The van der Waals surface area contributed by atoms with Gasteiger partial charge in [0, 0.05) is 24.8 Å². The first-order chi connectivity index (χ1) is 12.8. The van der Waals surface area contributed by atoms with Gasteiger partial charge in [0.1, 0.15) is 6.33 Å². The van der Waals surface area contributed by atoms with Crippen molar-refractivity contribution in [1.82, 2.24) is 25.1 Å². The first-order valence-corrected chi connectivity index (χ1v) is 9.22. The maximum atomic E-state index is 12.5. The highest BCUT2D eigenvalue weighted by Gasteiger charge is 2.27. The fourth-order valence-electron chi connectivity index (χ4n) is 3.69. The number of anilines is 1. The van der Waals surface area contributed by atoms with Crippen LogP contribution in [0.25, 0.3) is 5.69 Å². The Morgan fingerprint density at radius 3 is 2.65 bits per heavy atom. The van der Waals surface area contributed by atoms with E-state index in [2.05, 4.69) is 25.7 Å². The summed E-state index contributed by atoms with van der Waals surface area (Å²) in [4.78, 5) is 15.0. The van der Waals surface area contributed by atoms with Gasteiger partial charge in [-0.15, -0.1) is 5.10 Å². The third-order valence-corrected chi connectivity index (χ3v) is 5.25. The lowest BCUT2D eigenvalue weighted by Gasteiger charge is -2.32. The maximum absolute atomic E-state index is 12.5. The third kappa shape index (κ3) is 4.08. The fourth-order valence-corrected chi connectivity index (χ4v) is 3.69. The molecule has 1 aromatic heterocycles. The minimum atomic E-state index is 0.0882. The van der Waals surface area contributed by atoms with E-state index in [-0.39, 0.29) is 11.8 Å². The van der Waals surface area contributed by atoms with Crippen molar-refractivity contribution in [3.63, 3.8) is 0 Å². The predicted octanol–water partition coefficient (Wildman–Crippen LogP) is 1.35. The second-order valence-corrected chi connectivity index (χ2v) is 7.10. The molecule has 1 aromatic carbocycles. The van der Waals surface area contributed by atoms with E-state index in [0.29, 0.717) is 5.92 Å². The molecule has 4 rings (SSSR count). The van der Waals surface area contributed by atoms with Crippen molar-refractivity contribution in [2.24, 2.45) is 11.8 Å². The molecule has 1 amide bonds. The van der Waals surface area contributed by atoms with E-state index in [1.54, 1.807) is 11.0 Å². The number of tetrazole rings is 1. The molecule has 3 heterocycles. The van der Waals surface area contributed by atoms with Crippen molar-refractivity contribution in [2.45, 2.75) is 19.3 Å².